The van der Waals surface area contributed by atoms with E-state index in [1.807, 2.05) is 19.2 Å². The molecule has 0 spiro atoms. The normalized spacial score (nSPS) is 11.9. The van der Waals surface area contributed by atoms with Gasteiger partial charge in [-0.05, 0) is 37.3 Å². The summed E-state index contributed by atoms with van der Waals surface area (Å²) in [5.41, 5.74) is 0.461. The first-order valence-electron chi connectivity index (χ1n) is 8.53. The third-order valence-corrected chi connectivity index (χ3v) is 5.97. The molecule has 0 radical (unpaired) electrons. The van der Waals surface area contributed by atoms with E-state index in [1.165, 1.54) is 11.8 Å². The van der Waals surface area contributed by atoms with Gasteiger partial charge in [0.05, 0.1) is 21.0 Å². The van der Waals surface area contributed by atoms with E-state index in [0.717, 1.165) is 0 Å². The van der Waals surface area contributed by atoms with Crippen LogP contribution >= 0.6 is 46.6 Å². The molecule has 29 heavy (non-hydrogen) atoms. The number of nitrogens with zero attached hydrogens (tertiary/aromatic N) is 3. The molecule has 2 aromatic carbocycles. The van der Waals surface area contributed by atoms with Crippen molar-refractivity contribution in [3.63, 3.8) is 0 Å². The van der Waals surface area contributed by atoms with Gasteiger partial charge in [0.2, 0.25) is 5.91 Å². The lowest BCUT2D eigenvalue weighted by molar-refractivity contribution is -0.115. The maximum Gasteiger partial charge on any atom is 0.237 e. The lowest BCUT2D eigenvalue weighted by atomic mass is 10.3. The Labute approximate surface area is 187 Å². The second-order valence-electron chi connectivity index (χ2n) is 6.05. The Morgan fingerprint density at radius 2 is 1.93 bits per heavy atom. The number of rotatable bonds is 7. The van der Waals surface area contributed by atoms with Crippen LogP contribution in [0, 0.1) is 0 Å². The molecule has 1 aromatic heterocycles. The Kier molecular flexibility index (Phi) is 7.29. The number of aromatic nitrogens is 3. The molecule has 10 heteroatoms. The SMILES string of the molecule is CC(Sc1nnc(COc2ccccc2Cl)n1C)C(=O)Nc1cc(Cl)ccc1Cl. The standard InChI is InChI=1S/C19H17Cl3N4O2S/c1-11(18(27)23-15-9-12(20)7-8-13(15)21)29-19-25-24-17(26(19)2)10-28-16-6-4-3-5-14(16)22/h3-9,11H,10H2,1-2H3,(H,23,27). The van der Waals surface area contributed by atoms with Gasteiger partial charge in [-0.2, -0.15) is 0 Å². The molecule has 1 unspecified atom stereocenters. The smallest absolute Gasteiger partial charge is 0.237 e. The van der Waals surface area contributed by atoms with Crippen LogP contribution in [0.2, 0.25) is 15.1 Å². The van der Waals surface area contributed by atoms with Crippen LogP contribution in [0.25, 0.3) is 0 Å². The second kappa shape index (κ2) is 9.71. The first-order chi connectivity index (χ1) is 13.8. The van der Waals surface area contributed by atoms with Crippen molar-refractivity contribution in [1.82, 2.24) is 14.8 Å². The fraction of sp³-hybridized carbons (Fsp3) is 0.211. The van der Waals surface area contributed by atoms with Crippen molar-refractivity contribution < 1.29 is 9.53 Å². The summed E-state index contributed by atoms with van der Waals surface area (Å²) in [6.45, 7) is 1.97. The van der Waals surface area contributed by atoms with Crippen LogP contribution in [0.3, 0.4) is 0 Å². The molecule has 6 nitrogen and oxygen atoms in total. The summed E-state index contributed by atoms with van der Waals surface area (Å²) in [7, 11) is 1.81. The van der Waals surface area contributed by atoms with E-state index in [0.29, 0.717) is 37.5 Å². The van der Waals surface area contributed by atoms with Crippen LogP contribution in [0.4, 0.5) is 5.69 Å². The number of para-hydroxylation sites is 1. The predicted octanol–water partition coefficient (Wildman–Crippen LogP) is 5.47. The van der Waals surface area contributed by atoms with E-state index in [4.69, 9.17) is 39.5 Å². The zero-order valence-electron chi connectivity index (χ0n) is 15.5. The summed E-state index contributed by atoms with van der Waals surface area (Å²) in [4.78, 5) is 12.5. The summed E-state index contributed by atoms with van der Waals surface area (Å²) < 4.78 is 7.48. The van der Waals surface area contributed by atoms with Gasteiger partial charge in [-0.1, -0.05) is 58.7 Å². The summed E-state index contributed by atoms with van der Waals surface area (Å²) in [6, 6.07) is 12.1. The highest BCUT2D eigenvalue weighted by atomic mass is 35.5. The third kappa shape index (κ3) is 5.57. The van der Waals surface area contributed by atoms with E-state index >= 15 is 0 Å². The zero-order chi connectivity index (χ0) is 21.0. The number of carbonyl (C=O) groups excluding carboxylic acids is 1. The number of halogens is 3. The Morgan fingerprint density at radius 1 is 1.17 bits per heavy atom. The minimum absolute atomic E-state index is 0.201. The van der Waals surface area contributed by atoms with Gasteiger partial charge in [-0.3, -0.25) is 4.79 Å². The highest BCUT2D eigenvalue weighted by Gasteiger charge is 2.20. The van der Waals surface area contributed by atoms with Crippen molar-refractivity contribution in [3.05, 3.63) is 63.4 Å². The molecular formula is C19H17Cl3N4O2S. The highest BCUT2D eigenvalue weighted by molar-refractivity contribution is 8.00. The highest BCUT2D eigenvalue weighted by Crippen LogP contribution is 2.28. The maximum absolute atomic E-state index is 12.5. The molecule has 1 heterocycles. The minimum atomic E-state index is -0.440. The van der Waals surface area contributed by atoms with E-state index in [2.05, 4.69) is 15.5 Å². The average molecular weight is 472 g/mol. The number of amides is 1. The number of hydrogen-bond acceptors (Lipinski definition) is 5. The average Bonchev–Trinajstić information content (AvgIpc) is 3.03. The molecule has 1 N–H and O–H groups in total. The first-order valence-corrected chi connectivity index (χ1v) is 10.5. The van der Waals surface area contributed by atoms with Crippen molar-refractivity contribution in [1.29, 1.82) is 0 Å². The molecule has 0 saturated carbocycles. The number of benzene rings is 2. The lowest BCUT2D eigenvalue weighted by Gasteiger charge is -2.13. The summed E-state index contributed by atoms with van der Waals surface area (Å²) >= 11 is 19.4. The molecule has 0 aliphatic heterocycles. The van der Waals surface area contributed by atoms with Crippen LogP contribution in [0.1, 0.15) is 12.7 Å². The molecule has 0 aliphatic carbocycles. The predicted molar refractivity (Wildman–Crippen MR) is 117 cm³/mol. The fourth-order valence-electron chi connectivity index (χ4n) is 2.32. The number of carbonyl (C=O) groups is 1. The topological polar surface area (TPSA) is 69.0 Å². The number of anilines is 1. The van der Waals surface area contributed by atoms with Crippen LogP contribution in [0.5, 0.6) is 5.75 Å². The van der Waals surface area contributed by atoms with Gasteiger partial charge in [-0.15, -0.1) is 10.2 Å². The van der Waals surface area contributed by atoms with Gasteiger partial charge in [0.25, 0.3) is 0 Å². The van der Waals surface area contributed by atoms with Crippen molar-refractivity contribution in [2.75, 3.05) is 5.32 Å². The van der Waals surface area contributed by atoms with Crippen molar-refractivity contribution >= 4 is 58.2 Å². The maximum atomic E-state index is 12.5. The number of hydrogen-bond donors (Lipinski definition) is 1. The summed E-state index contributed by atoms with van der Waals surface area (Å²) in [6.07, 6.45) is 0. The number of ether oxygens (including phenoxy) is 1. The van der Waals surface area contributed by atoms with Crippen LogP contribution in [-0.4, -0.2) is 25.9 Å². The fourth-order valence-corrected chi connectivity index (χ4v) is 3.68. The summed E-state index contributed by atoms with van der Waals surface area (Å²) in [5.74, 6) is 0.950. The van der Waals surface area contributed by atoms with Gasteiger partial charge >= 0.3 is 0 Å². The monoisotopic (exact) mass is 470 g/mol. The largest absolute Gasteiger partial charge is 0.484 e. The minimum Gasteiger partial charge on any atom is -0.484 e. The first kappa shape index (κ1) is 21.8. The molecule has 3 rings (SSSR count). The second-order valence-corrected chi connectivity index (χ2v) is 8.61. The van der Waals surface area contributed by atoms with E-state index in [1.54, 1.807) is 41.8 Å². The van der Waals surface area contributed by atoms with Crippen molar-refractivity contribution in [2.45, 2.75) is 23.9 Å². The molecule has 0 fully saturated rings. The zero-order valence-corrected chi connectivity index (χ0v) is 18.6. The van der Waals surface area contributed by atoms with E-state index in [9.17, 15) is 4.79 Å². The molecule has 0 saturated heterocycles. The molecule has 0 bridgehead atoms. The van der Waals surface area contributed by atoms with Crippen molar-refractivity contribution in [2.24, 2.45) is 7.05 Å². The van der Waals surface area contributed by atoms with E-state index < -0.39 is 5.25 Å². The Balaban J connectivity index is 1.62. The lowest BCUT2D eigenvalue weighted by Crippen LogP contribution is -2.23. The van der Waals surface area contributed by atoms with Gasteiger partial charge in [0, 0.05) is 12.1 Å². The van der Waals surface area contributed by atoms with Gasteiger partial charge in [0.15, 0.2) is 11.0 Å². The van der Waals surface area contributed by atoms with E-state index in [-0.39, 0.29) is 12.5 Å². The molecule has 0 aliphatic rings. The molecular weight excluding hydrogens is 455 g/mol. The van der Waals surface area contributed by atoms with Crippen LogP contribution in [0.15, 0.2) is 47.6 Å². The third-order valence-electron chi connectivity index (χ3n) is 3.96. The Morgan fingerprint density at radius 3 is 2.69 bits per heavy atom. The number of thioether (sulfide) groups is 1. The van der Waals surface area contributed by atoms with Gasteiger partial charge in [-0.25, -0.2) is 0 Å². The van der Waals surface area contributed by atoms with Gasteiger partial charge < -0.3 is 14.6 Å². The Hall–Kier alpha value is -1.93. The molecule has 1 atom stereocenters. The summed E-state index contributed by atoms with van der Waals surface area (Å²) in [5, 5.41) is 12.6. The molecule has 3 aromatic rings. The molecule has 152 valence electrons. The van der Waals surface area contributed by atoms with Crippen LogP contribution < -0.4 is 10.1 Å². The number of nitrogens with one attached hydrogen (secondary N) is 1. The van der Waals surface area contributed by atoms with Gasteiger partial charge in [0.1, 0.15) is 12.4 Å². The molecule has 1 amide bonds. The van der Waals surface area contributed by atoms with Crippen LogP contribution in [-0.2, 0) is 18.4 Å². The van der Waals surface area contributed by atoms with Crippen molar-refractivity contribution in [3.8, 4) is 5.75 Å². The Bertz CT molecular complexity index is 1030. The quantitative estimate of drug-likeness (QED) is 0.463.